The molecule has 136 valence electrons. The van der Waals surface area contributed by atoms with Gasteiger partial charge in [0.15, 0.2) is 5.41 Å². The van der Waals surface area contributed by atoms with Crippen LogP contribution in [0.15, 0.2) is 28.7 Å². The number of halogens is 1. The average molecular weight is 425 g/mol. The smallest absolute Gasteiger partial charge is 0.217 e. The molecular formula is C20H17BrN4O2. The number of rotatable bonds is 1. The van der Waals surface area contributed by atoms with E-state index in [2.05, 4.69) is 34.1 Å². The summed E-state index contributed by atoms with van der Waals surface area (Å²) in [7, 11) is 0. The van der Waals surface area contributed by atoms with Crippen molar-refractivity contribution in [1.29, 1.82) is 21.2 Å². The topological polar surface area (TPSA) is 114 Å². The van der Waals surface area contributed by atoms with E-state index in [-0.39, 0.29) is 5.90 Å². The molecule has 2 bridgehead atoms. The van der Waals surface area contributed by atoms with Crippen molar-refractivity contribution >= 4 is 21.8 Å². The van der Waals surface area contributed by atoms with Crippen LogP contribution in [0.3, 0.4) is 0 Å². The molecule has 3 aliphatic rings. The Labute approximate surface area is 165 Å². The SMILES string of the molecule is N#CC1(C#N)[C@@H](c2ccc(Br)cc2)O[C@@]23CCCCC[C@@H]2[C@@]1(C#N)C(=N)O3. The van der Waals surface area contributed by atoms with Crippen molar-refractivity contribution in [2.75, 3.05) is 0 Å². The summed E-state index contributed by atoms with van der Waals surface area (Å²) >= 11 is 3.38. The fourth-order valence-electron chi connectivity index (χ4n) is 4.98. The molecular weight excluding hydrogens is 408 g/mol. The van der Waals surface area contributed by atoms with Gasteiger partial charge in [-0.15, -0.1) is 0 Å². The zero-order chi connectivity index (χ0) is 19.3. The molecule has 2 aliphatic heterocycles. The van der Waals surface area contributed by atoms with Crippen LogP contribution in [0.5, 0.6) is 0 Å². The second kappa shape index (κ2) is 6.06. The summed E-state index contributed by atoms with van der Waals surface area (Å²) in [5.74, 6) is -1.94. The summed E-state index contributed by atoms with van der Waals surface area (Å²) in [6, 6.07) is 13.5. The van der Waals surface area contributed by atoms with Gasteiger partial charge in [-0.05, 0) is 30.5 Å². The highest BCUT2D eigenvalue weighted by Gasteiger charge is 2.80. The van der Waals surface area contributed by atoms with Gasteiger partial charge in [0, 0.05) is 10.9 Å². The van der Waals surface area contributed by atoms with Crippen molar-refractivity contribution < 1.29 is 9.47 Å². The lowest BCUT2D eigenvalue weighted by Gasteiger charge is -2.49. The highest BCUT2D eigenvalue weighted by molar-refractivity contribution is 9.10. The summed E-state index contributed by atoms with van der Waals surface area (Å²) in [5.41, 5.74) is -2.88. The predicted molar refractivity (Wildman–Crippen MR) is 97.8 cm³/mol. The van der Waals surface area contributed by atoms with E-state index < -0.39 is 28.6 Å². The van der Waals surface area contributed by atoms with Gasteiger partial charge in [-0.3, -0.25) is 5.41 Å². The van der Waals surface area contributed by atoms with Crippen LogP contribution in [0.1, 0.15) is 43.8 Å². The van der Waals surface area contributed by atoms with Gasteiger partial charge >= 0.3 is 0 Å². The number of nitrogens with one attached hydrogen (secondary N) is 1. The van der Waals surface area contributed by atoms with Crippen molar-refractivity contribution in [3.63, 3.8) is 0 Å². The van der Waals surface area contributed by atoms with Crippen LogP contribution < -0.4 is 0 Å². The van der Waals surface area contributed by atoms with Gasteiger partial charge in [0.2, 0.25) is 17.1 Å². The summed E-state index contributed by atoms with van der Waals surface area (Å²) in [4.78, 5) is 0. The molecule has 2 heterocycles. The number of nitriles is 3. The van der Waals surface area contributed by atoms with Crippen LogP contribution in [0.25, 0.3) is 0 Å². The van der Waals surface area contributed by atoms with Gasteiger partial charge in [0.1, 0.15) is 6.10 Å². The minimum atomic E-state index is -1.86. The third-order valence-electron chi connectivity index (χ3n) is 6.24. The first-order chi connectivity index (χ1) is 13.0. The molecule has 7 heteroatoms. The monoisotopic (exact) mass is 424 g/mol. The lowest BCUT2D eigenvalue weighted by Crippen LogP contribution is -2.59. The molecule has 1 N–H and O–H groups in total. The van der Waals surface area contributed by atoms with E-state index in [4.69, 9.17) is 14.9 Å². The number of nitrogens with zero attached hydrogens (tertiary/aromatic N) is 3. The zero-order valence-electron chi connectivity index (χ0n) is 14.5. The summed E-state index contributed by atoms with van der Waals surface area (Å²) in [5, 5.41) is 39.0. The highest BCUT2D eigenvalue weighted by atomic mass is 79.9. The van der Waals surface area contributed by atoms with E-state index in [9.17, 15) is 15.8 Å². The number of hydrogen-bond acceptors (Lipinski definition) is 6. The van der Waals surface area contributed by atoms with Crippen molar-refractivity contribution in [1.82, 2.24) is 0 Å². The fraction of sp³-hybridized carbons (Fsp3) is 0.500. The van der Waals surface area contributed by atoms with E-state index in [1.54, 1.807) is 12.1 Å². The average Bonchev–Trinajstić information content (AvgIpc) is 2.81. The third kappa shape index (κ3) is 2.09. The Bertz CT molecular complexity index is 911. The van der Waals surface area contributed by atoms with Crippen LogP contribution in [0.2, 0.25) is 0 Å². The van der Waals surface area contributed by atoms with Gasteiger partial charge in [0.05, 0.1) is 24.1 Å². The molecule has 0 radical (unpaired) electrons. The maximum Gasteiger partial charge on any atom is 0.217 e. The predicted octanol–water partition coefficient (Wildman–Crippen LogP) is 4.35. The molecule has 1 aliphatic carbocycles. The molecule has 4 atom stereocenters. The lowest BCUT2D eigenvalue weighted by molar-refractivity contribution is -0.284. The lowest BCUT2D eigenvalue weighted by atomic mass is 9.52. The summed E-state index contributed by atoms with van der Waals surface area (Å²) < 4.78 is 13.2. The maximum absolute atomic E-state index is 10.2. The Hall–Kier alpha value is -2.40. The van der Waals surface area contributed by atoms with E-state index in [1.165, 1.54) is 0 Å². The molecule has 0 aromatic heterocycles. The molecule has 2 saturated heterocycles. The van der Waals surface area contributed by atoms with Crippen LogP contribution in [0.4, 0.5) is 0 Å². The van der Waals surface area contributed by atoms with Crippen molar-refractivity contribution in [2.45, 2.75) is 44.0 Å². The molecule has 4 rings (SSSR count). The molecule has 0 amide bonds. The Balaban J connectivity index is 1.99. The Morgan fingerprint density at radius 3 is 2.37 bits per heavy atom. The van der Waals surface area contributed by atoms with E-state index in [1.807, 2.05) is 12.1 Å². The van der Waals surface area contributed by atoms with Crippen molar-refractivity contribution in [2.24, 2.45) is 16.7 Å². The van der Waals surface area contributed by atoms with E-state index in [0.29, 0.717) is 18.4 Å². The largest absolute Gasteiger partial charge is 0.447 e. The first-order valence-electron chi connectivity index (χ1n) is 8.95. The number of hydrogen-bond donors (Lipinski definition) is 1. The van der Waals surface area contributed by atoms with E-state index >= 15 is 0 Å². The molecule has 0 spiro atoms. The Morgan fingerprint density at radius 1 is 1.04 bits per heavy atom. The van der Waals surface area contributed by atoms with Gasteiger partial charge in [-0.1, -0.05) is 40.9 Å². The quantitative estimate of drug-likeness (QED) is 0.719. The van der Waals surface area contributed by atoms with Crippen molar-refractivity contribution in [3.05, 3.63) is 34.3 Å². The van der Waals surface area contributed by atoms with Gasteiger partial charge in [-0.25, -0.2) is 0 Å². The molecule has 1 aromatic carbocycles. The number of benzene rings is 1. The molecule has 6 nitrogen and oxygen atoms in total. The Morgan fingerprint density at radius 2 is 1.74 bits per heavy atom. The van der Waals surface area contributed by atoms with Crippen LogP contribution in [-0.2, 0) is 9.47 Å². The first-order valence-corrected chi connectivity index (χ1v) is 9.74. The van der Waals surface area contributed by atoms with Crippen LogP contribution in [0, 0.1) is 56.2 Å². The van der Waals surface area contributed by atoms with Gasteiger partial charge in [-0.2, -0.15) is 15.8 Å². The Kier molecular flexibility index (Phi) is 4.04. The maximum atomic E-state index is 10.2. The van der Waals surface area contributed by atoms with Gasteiger partial charge < -0.3 is 9.47 Å². The molecule has 0 unspecified atom stereocenters. The second-order valence-electron chi connectivity index (χ2n) is 7.40. The normalized spacial score (nSPS) is 36.3. The summed E-state index contributed by atoms with van der Waals surface area (Å²) in [6.45, 7) is 0. The van der Waals surface area contributed by atoms with Crippen LogP contribution >= 0.6 is 15.9 Å². The van der Waals surface area contributed by atoms with Gasteiger partial charge in [0.25, 0.3) is 0 Å². The number of ether oxygens (including phenoxy) is 2. The van der Waals surface area contributed by atoms with E-state index in [0.717, 1.165) is 23.7 Å². The standard InChI is InChI=1S/C20H17BrN4O2/c21-14-7-5-13(6-8-14)16-18(10-22,11-23)19(12-24)15-4-2-1-3-9-20(15,26-16)27-17(19)25/h5-8,15-16,25H,1-4,9H2/t15-,16-,19+,20-/m1/s1. The fourth-order valence-corrected chi connectivity index (χ4v) is 5.24. The third-order valence-corrected chi connectivity index (χ3v) is 6.77. The molecule has 27 heavy (non-hydrogen) atoms. The second-order valence-corrected chi connectivity index (χ2v) is 8.31. The minimum absolute atomic E-state index is 0.306. The highest BCUT2D eigenvalue weighted by Crippen LogP contribution is 2.68. The minimum Gasteiger partial charge on any atom is -0.447 e. The molecule has 1 saturated carbocycles. The van der Waals surface area contributed by atoms with Crippen molar-refractivity contribution in [3.8, 4) is 18.2 Å². The molecule has 1 aromatic rings. The zero-order valence-corrected chi connectivity index (χ0v) is 16.1. The summed E-state index contributed by atoms with van der Waals surface area (Å²) in [6.07, 6.45) is 2.83. The molecule has 3 fully saturated rings. The first kappa shape index (κ1) is 18.0. The van der Waals surface area contributed by atoms with Crippen LogP contribution in [-0.4, -0.2) is 11.7 Å².